The zero-order valence-corrected chi connectivity index (χ0v) is 12.0. The molecule has 1 fully saturated rings. The van der Waals surface area contributed by atoms with Crippen LogP contribution in [0.15, 0.2) is 18.2 Å². The van der Waals surface area contributed by atoms with Crippen molar-refractivity contribution in [2.45, 2.75) is 58.5 Å². The highest BCUT2D eigenvalue weighted by molar-refractivity contribution is 5.21. The van der Waals surface area contributed by atoms with Crippen LogP contribution in [0.4, 0.5) is 8.78 Å². The van der Waals surface area contributed by atoms with Crippen LogP contribution in [0.1, 0.15) is 58.1 Å². The summed E-state index contributed by atoms with van der Waals surface area (Å²) in [6.45, 7) is 6.54. The second-order valence-corrected chi connectivity index (χ2v) is 6.55. The topological polar surface area (TPSA) is 12.0 Å². The molecule has 1 nitrogen and oxygen atoms in total. The first-order chi connectivity index (χ1) is 8.85. The van der Waals surface area contributed by atoms with Gasteiger partial charge in [0.15, 0.2) is 0 Å². The van der Waals surface area contributed by atoms with Crippen LogP contribution in [-0.4, -0.2) is 6.04 Å². The molecule has 2 rings (SSSR count). The Morgan fingerprint density at radius 2 is 1.84 bits per heavy atom. The first-order valence-corrected chi connectivity index (χ1v) is 7.08. The van der Waals surface area contributed by atoms with Crippen LogP contribution in [0.3, 0.4) is 0 Å². The van der Waals surface area contributed by atoms with Crippen LogP contribution >= 0.6 is 0 Å². The van der Waals surface area contributed by atoms with Crippen LogP contribution in [0.25, 0.3) is 0 Å². The van der Waals surface area contributed by atoms with Gasteiger partial charge in [-0.15, -0.1) is 0 Å². The molecular weight excluding hydrogens is 244 g/mol. The number of nitrogens with one attached hydrogen (secondary N) is 1. The van der Waals surface area contributed by atoms with E-state index in [-0.39, 0.29) is 6.04 Å². The van der Waals surface area contributed by atoms with Crippen molar-refractivity contribution in [3.8, 4) is 0 Å². The lowest BCUT2D eigenvalue weighted by molar-refractivity contribution is 0.191. The van der Waals surface area contributed by atoms with E-state index in [9.17, 15) is 8.78 Å². The molecule has 1 aromatic rings. The Morgan fingerprint density at radius 1 is 1.21 bits per heavy atom. The van der Waals surface area contributed by atoms with E-state index < -0.39 is 11.6 Å². The largest absolute Gasteiger partial charge is 0.307 e. The summed E-state index contributed by atoms with van der Waals surface area (Å²) in [5.74, 6) is -1.01. The van der Waals surface area contributed by atoms with Gasteiger partial charge < -0.3 is 5.32 Å². The lowest BCUT2D eigenvalue weighted by Gasteiger charge is -2.37. The Labute approximate surface area is 114 Å². The minimum absolute atomic E-state index is 0.0240. The maximum atomic E-state index is 13.2. The molecule has 19 heavy (non-hydrogen) atoms. The molecule has 2 unspecified atom stereocenters. The van der Waals surface area contributed by atoms with Crippen molar-refractivity contribution in [3.63, 3.8) is 0 Å². The first kappa shape index (κ1) is 14.4. The molecule has 0 saturated heterocycles. The quantitative estimate of drug-likeness (QED) is 0.845. The van der Waals surface area contributed by atoms with Crippen molar-refractivity contribution < 1.29 is 8.78 Å². The third kappa shape index (κ3) is 4.00. The van der Waals surface area contributed by atoms with Gasteiger partial charge in [-0.1, -0.05) is 20.3 Å². The van der Waals surface area contributed by atoms with Crippen molar-refractivity contribution in [2.75, 3.05) is 0 Å². The van der Waals surface area contributed by atoms with E-state index >= 15 is 0 Å². The van der Waals surface area contributed by atoms with E-state index in [1.807, 2.05) is 6.92 Å². The Morgan fingerprint density at radius 3 is 2.42 bits per heavy atom. The molecule has 0 aliphatic heterocycles. The third-order valence-electron chi connectivity index (χ3n) is 4.08. The molecule has 0 amide bonds. The molecule has 2 atom stereocenters. The minimum atomic E-state index is -0.507. The van der Waals surface area contributed by atoms with Crippen molar-refractivity contribution in [3.05, 3.63) is 35.4 Å². The van der Waals surface area contributed by atoms with Gasteiger partial charge in [0.2, 0.25) is 0 Å². The smallest absolute Gasteiger partial charge is 0.126 e. The van der Waals surface area contributed by atoms with Crippen LogP contribution in [0.5, 0.6) is 0 Å². The number of hydrogen-bond acceptors (Lipinski definition) is 1. The molecule has 1 aromatic carbocycles. The second kappa shape index (κ2) is 5.58. The SMILES string of the molecule is CC(NC1CCCC(C)(C)C1)c1cc(F)cc(F)c1. The van der Waals surface area contributed by atoms with Gasteiger partial charge in [0.05, 0.1) is 0 Å². The van der Waals surface area contributed by atoms with Gasteiger partial charge in [0, 0.05) is 18.2 Å². The molecular formula is C16H23F2N. The van der Waals surface area contributed by atoms with E-state index in [1.165, 1.54) is 25.0 Å². The molecule has 1 saturated carbocycles. The lowest BCUT2D eigenvalue weighted by atomic mass is 9.75. The molecule has 3 heteroatoms. The molecule has 0 heterocycles. The summed E-state index contributed by atoms with van der Waals surface area (Å²) < 4.78 is 26.4. The summed E-state index contributed by atoms with van der Waals surface area (Å²) in [6.07, 6.45) is 4.74. The predicted molar refractivity (Wildman–Crippen MR) is 73.9 cm³/mol. The van der Waals surface area contributed by atoms with Gasteiger partial charge in [0.1, 0.15) is 11.6 Å². The summed E-state index contributed by atoms with van der Waals surface area (Å²) in [4.78, 5) is 0. The average Bonchev–Trinajstić information content (AvgIpc) is 2.26. The maximum Gasteiger partial charge on any atom is 0.126 e. The first-order valence-electron chi connectivity index (χ1n) is 7.08. The zero-order chi connectivity index (χ0) is 14.0. The lowest BCUT2D eigenvalue weighted by Crippen LogP contribution is -2.38. The van der Waals surface area contributed by atoms with Gasteiger partial charge in [-0.25, -0.2) is 8.78 Å². The van der Waals surface area contributed by atoms with Crippen LogP contribution in [0.2, 0.25) is 0 Å². The highest BCUT2D eigenvalue weighted by atomic mass is 19.1. The number of rotatable bonds is 3. The van der Waals surface area contributed by atoms with E-state index in [2.05, 4.69) is 19.2 Å². The third-order valence-corrected chi connectivity index (χ3v) is 4.08. The molecule has 0 radical (unpaired) electrons. The van der Waals surface area contributed by atoms with Gasteiger partial charge in [-0.05, 0) is 49.3 Å². The van der Waals surface area contributed by atoms with Crippen LogP contribution in [-0.2, 0) is 0 Å². The van der Waals surface area contributed by atoms with Gasteiger partial charge in [-0.2, -0.15) is 0 Å². The molecule has 1 N–H and O–H groups in total. The van der Waals surface area contributed by atoms with Crippen LogP contribution in [0, 0.1) is 17.0 Å². The van der Waals surface area contributed by atoms with Crippen molar-refractivity contribution in [2.24, 2.45) is 5.41 Å². The van der Waals surface area contributed by atoms with E-state index in [1.54, 1.807) is 0 Å². The average molecular weight is 267 g/mol. The summed E-state index contributed by atoms with van der Waals surface area (Å²) in [5, 5.41) is 3.51. The highest BCUT2D eigenvalue weighted by Gasteiger charge is 2.28. The fraction of sp³-hybridized carbons (Fsp3) is 0.625. The number of hydrogen-bond donors (Lipinski definition) is 1. The van der Waals surface area contributed by atoms with E-state index in [4.69, 9.17) is 0 Å². The highest BCUT2D eigenvalue weighted by Crippen LogP contribution is 2.35. The molecule has 106 valence electrons. The predicted octanol–water partition coefficient (Wildman–Crippen LogP) is 4.58. The molecule has 0 spiro atoms. The molecule has 1 aliphatic rings. The van der Waals surface area contributed by atoms with Crippen molar-refractivity contribution >= 4 is 0 Å². The fourth-order valence-electron chi connectivity index (χ4n) is 3.12. The molecule has 0 aromatic heterocycles. The summed E-state index contributed by atoms with van der Waals surface area (Å²) in [5.41, 5.74) is 1.05. The van der Waals surface area contributed by atoms with E-state index in [0.29, 0.717) is 17.0 Å². The second-order valence-electron chi connectivity index (χ2n) is 6.55. The van der Waals surface area contributed by atoms with E-state index in [0.717, 1.165) is 18.9 Å². The van der Waals surface area contributed by atoms with Crippen LogP contribution < -0.4 is 5.32 Å². The Balaban J connectivity index is 2.02. The van der Waals surface area contributed by atoms with Crippen molar-refractivity contribution in [1.29, 1.82) is 0 Å². The molecule has 0 bridgehead atoms. The summed E-state index contributed by atoms with van der Waals surface area (Å²) in [7, 11) is 0. The Bertz CT molecular complexity index is 422. The summed E-state index contributed by atoms with van der Waals surface area (Å²) in [6, 6.07) is 4.15. The number of halogens is 2. The standard InChI is InChI=1S/C16H23F2N/c1-11(12-7-13(17)9-14(18)8-12)19-15-5-4-6-16(2,3)10-15/h7-9,11,15,19H,4-6,10H2,1-3H3. The molecule has 1 aliphatic carbocycles. The zero-order valence-electron chi connectivity index (χ0n) is 12.0. The van der Waals surface area contributed by atoms with Crippen molar-refractivity contribution in [1.82, 2.24) is 5.32 Å². The monoisotopic (exact) mass is 267 g/mol. The minimum Gasteiger partial charge on any atom is -0.307 e. The van der Waals surface area contributed by atoms with Gasteiger partial charge in [0.25, 0.3) is 0 Å². The normalized spacial score (nSPS) is 24.2. The number of benzene rings is 1. The fourth-order valence-corrected chi connectivity index (χ4v) is 3.12. The Kier molecular flexibility index (Phi) is 4.24. The maximum absolute atomic E-state index is 13.2. The summed E-state index contributed by atoms with van der Waals surface area (Å²) >= 11 is 0. The Hall–Kier alpha value is -0.960. The van der Waals surface area contributed by atoms with Gasteiger partial charge >= 0.3 is 0 Å². The van der Waals surface area contributed by atoms with Gasteiger partial charge in [-0.3, -0.25) is 0 Å².